The predicted octanol–water partition coefficient (Wildman–Crippen LogP) is 4.01. The summed E-state index contributed by atoms with van der Waals surface area (Å²) >= 11 is 1.58. The predicted molar refractivity (Wildman–Crippen MR) is 250 cm³/mol. The van der Waals surface area contributed by atoms with Gasteiger partial charge in [-0.15, -0.1) is 11.3 Å². The average molecular weight is 908 g/mol. The van der Waals surface area contributed by atoms with Gasteiger partial charge in [0.05, 0.1) is 16.6 Å². The minimum atomic E-state index is -0.894. The highest BCUT2D eigenvalue weighted by atomic mass is 32.1. The number of thiophene rings is 1. The number of urea groups is 1. The Kier molecular flexibility index (Phi) is 19.6. The number of ether oxygens (including phenoxy) is 1. The van der Waals surface area contributed by atoms with Crippen molar-refractivity contribution in [3.63, 3.8) is 0 Å². The third-order valence-corrected chi connectivity index (χ3v) is 11.7. The molecule has 352 valence electrons. The third-order valence-electron chi connectivity index (χ3n) is 10.6. The van der Waals surface area contributed by atoms with E-state index in [-0.39, 0.29) is 49.1 Å². The van der Waals surface area contributed by atoms with Crippen LogP contribution in [0.4, 0.5) is 21.0 Å². The molecule has 2 aliphatic rings. The Bertz CT molecular complexity index is 1990. The zero-order valence-corrected chi connectivity index (χ0v) is 39.1. The van der Waals surface area contributed by atoms with Crippen molar-refractivity contribution in [3.05, 3.63) is 51.2 Å². The van der Waals surface area contributed by atoms with E-state index in [1.54, 1.807) is 40.5 Å². The first kappa shape index (κ1) is 51.1. The number of hydrogen-bond acceptors (Lipinski definition) is 12. The highest BCUT2D eigenvalue weighted by Crippen LogP contribution is 2.35. The van der Waals surface area contributed by atoms with Crippen LogP contribution < -0.4 is 38.5 Å². The number of nitrogens with one attached hydrogen (secondary N) is 4. The molecule has 1 aromatic carbocycles. The molecule has 0 bridgehead atoms. The molecule has 3 heterocycles. The highest BCUT2D eigenvalue weighted by Gasteiger charge is 2.27. The molecule has 0 aliphatic carbocycles. The van der Waals surface area contributed by atoms with Crippen LogP contribution in [0.3, 0.4) is 0 Å². The lowest BCUT2D eigenvalue weighted by Crippen LogP contribution is -2.51. The third kappa shape index (κ3) is 16.9. The molecule has 64 heavy (non-hydrogen) atoms. The van der Waals surface area contributed by atoms with Gasteiger partial charge in [0.25, 0.3) is 0 Å². The van der Waals surface area contributed by atoms with Crippen LogP contribution in [0.15, 0.2) is 40.9 Å². The summed E-state index contributed by atoms with van der Waals surface area (Å²) in [6.07, 6.45) is 4.30. The van der Waals surface area contributed by atoms with Crippen molar-refractivity contribution in [1.82, 2.24) is 30.7 Å². The van der Waals surface area contributed by atoms with E-state index in [0.29, 0.717) is 88.7 Å². The lowest BCUT2D eigenvalue weighted by Gasteiger charge is -2.33. The van der Waals surface area contributed by atoms with Gasteiger partial charge in [0, 0.05) is 87.9 Å². The summed E-state index contributed by atoms with van der Waals surface area (Å²) in [6, 6.07) is 6.52. The van der Waals surface area contributed by atoms with Crippen molar-refractivity contribution in [2.45, 2.75) is 105 Å². The van der Waals surface area contributed by atoms with Crippen LogP contribution in [0.5, 0.6) is 0 Å². The van der Waals surface area contributed by atoms with E-state index in [0.717, 1.165) is 27.4 Å². The summed E-state index contributed by atoms with van der Waals surface area (Å²) < 4.78 is 5.63. The molecule has 4 rings (SSSR count). The number of carbonyl (C=O) groups excluding carboxylic acids is 6. The zero-order valence-electron chi connectivity index (χ0n) is 38.3. The van der Waals surface area contributed by atoms with Crippen LogP contribution in [-0.4, -0.2) is 121 Å². The fourth-order valence-electron chi connectivity index (χ4n) is 7.10. The molecule has 7 amide bonds. The molecule has 10 N–H and O–H groups in total. The van der Waals surface area contributed by atoms with Gasteiger partial charge in [0.15, 0.2) is 0 Å². The summed E-state index contributed by atoms with van der Waals surface area (Å²) in [5.41, 5.74) is 19.9. The number of piperazine rings is 1. The summed E-state index contributed by atoms with van der Waals surface area (Å²) in [5.74, 6) is -0.696. The molecule has 1 fully saturated rings. The molecule has 0 spiro atoms. The molecule has 2 atom stereocenters. The van der Waals surface area contributed by atoms with Crippen molar-refractivity contribution in [3.8, 4) is 0 Å². The molecule has 2 aliphatic heterocycles. The van der Waals surface area contributed by atoms with E-state index in [4.69, 9.17) is 21.9 Å². The quantitative estimate of drug-likeness (QED) is 0.0886. The molecule has 2 aromatic rings. The van der Waals surface area contributed by atoms with Gasteiger partial charge in [-0.05, 0) is 66.9 Å². The van der Waals surface area contributed by atoms with Gasteiger partial charge in [-0.25, -0.2) is 14.6 Å². The van der Waals surface area contributed by atoms with Gasteiger partial charge in [-0.3, -0.25) is 24.1 Å². The summed E-state index contributed by atoms with van der Waals surface area (Å²) in [7, 11) is 0. The van der Waals surface area contributed by atoms with Crippen LogP contribution in [0.1, 0.15) is 95.4 Å². The second-order valence-corrected chi connectivity index (χ2v) is 19.1. The average Bonchev–Trinajstić information content (AvgIpc) is 3.52. The topological polar surface area (TPSA) is 260 Å². The fourth-order valence-corrected chi connectivity index (χ4v) is 8.21. The molecule has 0 saturated carbocycles. The van der Waals surface area contributed by atoms with Gasteiger partial charge in [-0.1, -0.05) is 53.7 Å². The number of amides is 7. The van der Waals surface area contributed by atoms with E-state index < -0.39 is 36.0 Å². The summed E-state index contributed by atoms with van der Waals surface area (Å²) in [4.78, 5) is 88.4. The second-order valence-electron chi connectivity index (χ2n) is 17.9. The standard InChI is InChI=1S/C45H69N11O7S/c1-7-17-55(18-9-16-49-38(57)26-45(4,5)6)42(60)31-23-36-35(52-37(46)24-31)25-33(64-36)27-54-19-21-56(22-20-54)44(62)63-28-30-11-13-32(14-12-30)51-40(58)34(10-8-15-50-43(48)61)53-41(59)39(47)29(2)3/h11-14,23,25,29,34,39H,7-10,15-22,24,26-28,47H2,1-6H3,(H2,46,52)(H,49,57)(H,51,58)(H,53,59)(H3,48,50,61)/t34-,39?/m0/s1. The minimum Gasteiger partial charge on any atom is -0.445 e. The highest BCUT2D eigenvalue weighted by molar-refractivity contribution is 7.13. The molecule has 19 heteroatoms. The molecule has 1 unspecified atom stereocenters. The largest absolute Gasteiger partial charge is 0.445 e. The first-order valence-electron chi connectivity index (χ1n) is 22.2. The normalized spacial score (nSPS) is 15.2. The fraction of sp³-hybridized carbons (Fsp3) is 0.578. The summed E-state index contributed by atoms with van der Waals surface area (Å²) in [6.45, 7) is 16.6. The number of amidine groups is 1. The van der Waals surface area contributed by atoms with Gasteiger partial charge >= 0.3 is 12.1 Å². The smallest absolute Gasteiger partial charge is 0.410 e. The number of rotatable bonds is 21. The van der Waals surface area contributed by atoms with Crippen molar-refractivity contribution < 1.29 is 33.5 Å². The molecule has 0 radical (unpaired) electrons. The van der Waals surface area contributed by atoms with Crippen molar-refractivity contribution in [1.29, 1.82) is 0 Å². The van der Waals surface area contributed by atoms with Gasteiger partial charge in [0.2, 0.25) is 23.6 Å². The molecular formula is C45H69N11O7S. The molecule has 18 nitrogen and oxygen atoms in total. The number of primary amides is 1. The molecule has 1 aromatic heterocycles. The van der Waals surface area contributed by atoms with Gasteiger partial charge in [-0.2, -0.15) is 0 Å². The number of carbonyl (C=O) groups is 6. The van der Waals surface area contributed by atoms with Crippen LogP contribution in [0.25, 0.3) is 6.08 Å². The van der Waals surface area contributed by atoms with Crippen molar-refractivity contribution in [2.24, 2.45) is 33.5 Å². The Labute approximate surface area is 381 Å². The number of nitrogens with two attached hydrogens (primary N) is 3. The number of hydrogen-bond donors (Lipinski definition) is 7. The van der Waals surface area contributed by atoms with Gasteiger partial charge in [0.1, 0.15) is 18.5 Å². The van der Waals surface area contributed by atoms with E-state index in [1.807, 2.05) is 58.6 Å². The first-order chi connectivity index (χ1) is 30.3. The SMILES string of the molecule is CCCN(CCCNC(=O)CC(C)(C)C)C(=O)C1=Cc2sc(CN3CCN(C(=O)OCc4ccc(NC(=O)[C@H](CCCNC(N)=O)NC(=O)C(N)C(C)C)cc4)CC3)cc2N=C(N)C1. The maximum absolute atomic E-state index is 13.8. The lowest BCUT2D eigenvalue weighted by atomic mass is 9.92. The molecule has 1 saturated heterocycles. The van der Waals surface area contributed by atoms with Crippen molar-refractivity contribution in [2.75, 3.05) is 57.7 Å². The maximum Gasteiger partial charge on any atom is 0.410 e. The second kappa shape index (κ2) is 24.5. The number of aliphatic imine (C=N–C) groups is 1. The van der Waals surface area contributed by atoms with Crippen LogP contribution in [0, 0.1) is 11.3 Å². The van der Waals surface area contributed by atoms with E-state index in [2.05, 4.69) is 31.2 Å². The monoisotopic (exact) mass is 908 g/mol. The maximum atomic E-state index is 13.8. The number of benzene rings is 1. The minimum absolute atomic E-state index is 0.0133. The number of nitrogens with zero attached hydrogens (tertiary/aromatic N) is 4. The summed E-state index contributed by atoms with van der Waals surface area (Å²) in [5, 5.41) is 11.0. The zero-order chi connectivity index (χ0) is 47.0. The molecular weight excluding hydrogens is 839 g/mol. The number of anilines is 1. The number of fused-ring (bicyclic) bond motifs is 1. The Morgan fingerprint density at radius 1 is 0.953 bits per heavy atom. The lowest BCUT2D eigenvalue weighted by molar-refractivity contribution is -0.128. The van der Waals surface area contributed by atoms with E-state index >= 15 is 0 Å². The van der Waals surface area contributed by atoms with Crippen LogP contribution in [-0.2, 0) is 37.1 Å². The Morgan fingerprint density at radius 3 is 2.28 bits per heavy atom. The van der Waals surface area contributed by atoms with Crippen LogP contribution >= 0.6 is 11.3 Å². The van der Waals surface area contributed by atoms with E-state index in [9.17, 15) is 28.8 Å². The van der Waals surface area contributed by atoms with Crippen LogP contribution in [0.2, 0.25) is 0 Å². The first-order valence-corrected chi connectivity index (χ1v) is 23.0. The van der Waals surface area contributed by atoms with E-state index in [1.165, 1.54) is 0 Å². The Balaban J connectivity index is 1.25. The van der Waals surface area contributed by atoms with Gasteiger partial charge < -0.3 is 53.0 Å². The Morgan fingerprint density at radius 2 is 1.64 bits per heavy atom. The van der Waals surface area contributed by atoms with Crippen molar-refractivity contribution >= 4 is 70.4 Å². The Hall–Kier alpha value is -5.53.